The van der Waals surface area contributed by atoms with Gasteiger partial charge < -0.3 is 14.8 Å². The summed E-state index contributed by atoms with van der Waals surface area (Å²) in [6.07, 6.45) is 0.237. The number of nitriles is 1. The van der Waals surface area contributed by atoms with Gasteiger partial charge in [-0.25, -0.2) is 0 Å². The molecule has 1 aliphatic rings. The second-order valence-corrected chi connectivity index (χ2v) is 7.55. The molecule has 0 aliphatic carbocycles. The van der Waals surface area contributed by atoms with Crippen molar-refractivity contribution >= 4 is 17.7 Å². The number of carbonyl (C=O) groups excluding carboxylic acids is 1. The van der Waals surface area contributed by atoms with E-state index in [0.29, 0.717) is 28.7 Å². The van der Waals surface area contributed by atoms with Gasteiger partial charge in [0.2, 0.25) is 5.91 Å². The first-order valence-electron chi connectivity index (χ1n) is 9.07. The smallest absolute Gasteiger partial charge is 0.225 e. The zero-order valence-electron chi connectivity index (χ0n) is 15.9. The van der Waals surface area contributed by atoms with Gasteiger partial charge in [0.05, 0.1) is 23.8 Å². The second kappa shape index (κ2) is 9.34. The molecule has 0 saturated carbocycles. The van der Waals surface area contributed by atoms with Crippen LogP contribution in [-0.2, 0) is 11.4 Å². The van der Waals surface area contributed by atoms with Crippen molar-refractivity contribution in [2.24, 2.45) is 0 Å². The van der Waals surface area contributed by atoms with E-state index in [4.69, 9.17) is 9.47 Å². The Balaban J connectivity index is 1.92. The SMILES string of the molecule is CCSC1=C(C#N)[C@H](c2ccc(OC)c(OCc3ccccc3)c2)CC(=O)N1. The molecule has 1 heterocycles. The highest BCUT2D eigenvalue weighted by atomic mass is 32.2. The van der Waals surface area contributed by atoms with Crippen LogP contribution in [0.2, 0.25) is 0 Å². The predicted octanol–water partition coefficient (Wildman–Crippen LogP) is 4.37. The summed E-state index contributed by atoms with van der Waals surface area (Å²) in [5.41, 5.74) is 2.50. The van der Waals surface area contributed by atoms with Crippen molar-refractivity contribution in [3.8, 4) is 17.6 Å². The molecule has 1 amide bonds. The first-order valence-corrected chi connectivity index (χ1v) is 10.1. The molecule has 0 spiro atoms. The summed E-state index contributed by atoms with van der Waals surface area (Å²) in [4.78, 5) is 12.2. The largest absolute Gasteiger partial charge is 0.493 e. The highest BCUT2D eigenvalue weighted by molar-refractivity contribution is 8.03. The van der Waals surface area contributed by atoms with E-state index in [0.717, 1.165) is 16.9 Å². The Morgan fingerprint density at radius 3 is 2.68 bits per heavy atom. The normalized spacial score (nSPS) is 16.3. The lowest BCUT2D eigenvalue weighted by Crippen LogP contribution is -2.30. The van der Waals surface area contributed by atoms with Gasteiger partial charge in [-0.05, 0) is 29.0 Å². The molecule has 0 unspecified atom stereocenters. The number of amides is 1. The molecule has 0 fully saturated rings. The van der Waals surface area contributed by atoms with Crippen LogP contribution in [-0.4, -0.2) is 18.8 Å². The third-order valence-corrected chi connectivity index (χ3v) is 5.37. The topological polar surface area (TPSA) is 71.3 Å². The Hall–Kier alpha value is -2.91. The van der Waals surface area contributed by atoms with E-state index in [1.54, 1.807) is 7.11 Å². The fourth-order valence-corrected chi connectivity index (χ4v) is 3.94. The predicted molar refractivity (Wildman–Crippen MR) is 110 cm³/mol. The Kier molecular flexibility index (Phi) is 6.62. The maximum Gasteiger partial charge on any atom is 0.225 e. The van der Waals surface area contributed by atoms with Crippen molar-refractivity contribution in [1.29, 1.82) is 5.26 Å². The lowest BCUT2D eigenvalue weighted by Gasteiger charge is -2.25. The van der Waals surface area contributed by atoms with Crippen molar-refractivity contribution < 1.29 is 14.3 Å². The van der Waals surface area contributed by atoms with E-state index in [-0.39, 0.29) is 18.2 Å². The number of rotatable bonds is 7. The van der Waals surface area contributed by atoms with E-state index in [9.17, 15) is 10.1 Å². The number of thioether (sulfide) groups is 1. The van der Waals surface area contributed by atoms with Crippen LogP contribution in [0.5, 0.6) is 11.5 Å². The van der Waals surface area contributed by atoms with E-state index < -0.39 is 0 Å². The van der Waals surface area contributed by atoms with Crippen LogP contribution in [0.15, 0.2) is 59.1 Å². The fraction of sp³-hybridized carbons (Fsp3) is 0.273. The quantitative estimate of drug-likeness (QED) is 0.755. The lowest BCUT2D eigenvalue weighted by atomic mass is 9.87. The van der Waals surface area contributed by atoms with Crippen LogP contribution in [0.25, 0.3) is 0 Å². The van der Waals surface area contributed by atoms with Crippen molar-refractivity contribution in [3.05, 3.63) is 70.3 Å². The Labute approximate surface area is 169 Å². The second-order valence-electron chi connectivity index (χ2n) is 6.28. The Bertz CT molecular complexity index is 919. The minimum absolute atomic E-state index is 0.0810. The lowest BCUT2D eigenvalue weighted by molar-refractivity contribution is -0.120. The Morgan fingerprint density at radius 1 is 1.21 bits per heavy atom. The van der Waals surface area contributed by atoms with Gasteiger partial charge in [-0.15, -0.1) is 11.8 Å². The molecule has 0 radical (unpaired) electrons. The van der Waals surface area contributed by atoms with Gasteiger partial charge in [0.15, 0.2) is 11.5 Å². The zero-order chi connectivity index (χ0) is 19.9. The summed E-state index contributed by atoms with van der Waals surface area (Å²) in [5, 5.41) is 13.2. The molecule has 1 aliphatic heterocycles. The number of allylic oxidation sites excluding steroid dienone is 1. The van der Waals surface area contributed by atoms with Crippen LogP contribution < -0.4 is 14.8 Å². The van der Waals surface area contributed by atoms with Gasteiger partial charge in [-0.2, -0.15) is 5.26 Å². The number of nitrogens with zero attached hydrogens (tertiary/aromatic N) is 1. The van der Waals surface area contributed by atoms with Crippen molar-refractivity contribution in [2.75, 3.05) is 12.9 Å². The van der Waals surface area contributed by atoms with Gasteiger partial charge >= 0.3 is 0 Å². The summed E-state index contributed by atoms with van der Waals surface area (Å²) in [7, 11) is 1.59. The molecule has 1 N–H and O–H groups in total. The average molecular weight is 394 g/mol. The first kappa shape index (κ1) is 19.8. The number of hydrogen-bond acceptors (Lipinski definition) is 5. The molecule has 0 saturated heterocycles. The van der Waals surface area contributed by atoms with Gasteiger partial charge in [-0.1, -0.05) is 43.3 Å². The van der Waals surface area contributed by atoms with Gasteiger partial charge in [0, 0.05) is 12.3 Å². The summed E-state index contributed by atoms with van der Waals surface area (Å²) in [6, 6.07) is 17.7. The van der Waals surface area contributed by atoms with Crippen LogP contribution in [0.1, 0.15) is 30.4 Å². The molecule has 0 aromatic heterocycles. The fourth-order valence-electron chi connectivity index (χ4n) is 3.12. The average Bonchev–Trinajstić information content (AvgIpc) is 2.72. The highest BCUT2D eigenvalue weighted by Crippen LogP contribution is 2.39. The van der Waals surface area contributed by atoms with Gasteiger partial charge in [-0.3, -0.25) is 4.79 Å². The molecule has 6 heteroatoms. The van der Waals surface area contributed by atoms with Crippen LogP contribution in [0.4, 0.5) is 0 Å². The van der Waals surface area contributed by atoms with Crippen molar-refractivity contribution in [2.45, 2.75) is 25.9 Å². The Morgan fingerprint density at radius 2 is 2.00 bits per heavy atom. The maximum absolute atomic E-state index is 12.2. The minimum Gasteiger partial charge on any atom is -0.493 e. The summed E-state index contributed by atoms with van der Waals surface area (Å²) >= 11 is 1.48. The van der Waals surface area contributed by atoms with Crippen LogP contribution >= 0.6 is 11.8 Å². The number of carbonyl (C=O) groups is 1. The molecule has 5 nitrogen and oxygen atoms in total. The van der Waals surface area contributed by atoms with E-state index in [1.807, 2.05) is 55.5 Å². The van der Waals surface area contributed by atoms with Gasteiger partial charge in [0.25, 0.3) is 0 Å². The zero-order valence-corrected chi connectivity index (χ0v) is 16.7. The molecule has 28 heavy (non-hydrogen) atoms. The first-order chi connectivity index (χ1) is 13.7. The number of hydrogen-bond donors (Lipinski definition) is 1. The van der Waals surface area contributed by atoms with E-state index in [1.165, 1.54) is 11.8 Å². The van der Waals surface area contributed by atoms with Crippen LogP contribution in [0, 0.1) is 11.3 Å². The van der Waals surface area contributed by atoms with Crippen LogP contribution in [0.3, 0.4) is 0 Å². The summed E-state index contributed by atoms with van der Waals surface area (Å²) in [5.74, 6) is 1.62. The molecule has 144 valence electrons. The number of methoxy groups -OCH3 is 1. The molecule has 1 atom stereocenters. The maximum atomic E-state index is 12.2. The summed E-state index contributed by atoms with van der Waals surface area (Å²) < 4.78 is 11.4. The van der Waals surface area contributed by atoms with E-state index >= 15 is 0 Å². The summed E-state index contributed by atoms with van der Waals surface area (Å²) in [6.45, 7) is 2.40. The monoisotopic (exact) mass is 394 g/mol. The third-order valence-electron chi connectivity index (χ3n) is 4.47. The minimum atomic E-state index is -0.294. The third kappa shape index (κ3) is 4.49. The number of benzene rings is 2. The molecular weight excluding hydrogens is 372 g/mol. The highest BCUT2D eigenvalue weighted by Gasteiger charge is 2.30. The standard InChI is InChI=1S/C22H22N2O3S/c1-3-28-22-18(13-23)17(12-21(25)24-22)16-9-10-19(26-2)20(11-16)27-14-15-7-5-4-6-8-15/h4-11,17H,3,12,14H2,1-2H3,(H,24,25)/t17-/m0/s1. The molecule has 2 aromatic rings. The van der Waals surface area contributed by atoms with Crippen molar-refractivity contribution in [1.82, 2.24) is 5.32 Å². The van der Waals surface area contributed by atoms with Crippen molar-refractivity contribution in [3.63, 3.8) is 0 Å². The molecular formula is C22H22N2O3S. The molecule has 2 aromatic carbocycles. The molecule has 3 rings (SSSR count). The molecule has 0 bridgehead atoms. The number of nitrogens with one attached hydrogen (secondary N) is 1. The van der Waals surface area contributed by atoms with Gasteiger partial charge in [0.1, 0.15) is 6.61 Å². The van der Waals surface area contributed by atoms with E-state index in [2.05, 4.69) is 11.4 Å². The number of ether oxygens (including phenoxy) is 2.